The highest BCUT2D eigenvalue weighted by molar-refractivity contribution is 7.92. The smallest absolute Gasteiger partial charge is 0.244 e. The highest BCUT2D eigenvalue weighted by Gasteiger charge is 2.33. The Morgan fingerprint density at radius 2 is 1.55 bits per heavy atom. The van der Waals surface area contributed by atoms with Crippen molar-refractivity contribution in [3.8, 4) is 0 Å². The molecule has 0 fully saturated rings. The standard InChI is InChI=1S/C29H32Cl3N3O4S/c1-4-14-33-29(37)27(15-21-11-6-5-7-12-21)34(18-22-13-9-8-10-20(22)2)28(36)19-35(40(3,38)39)26-17-24(31)23(30)16-25(26)32/h5-13,16-17,27H,4,14-15,18-19H2,1-3H3,(H,33,37)/t27-/m0/s1. The van der Waals surface area contributed by atoms with Crippen LogP contribution in [0, 0.1) is 6.92 Å². The van der Waals surface area contributed by atoms with Gasteiger partial charge in [0.25, 0.3) is 0 Å². The summed E-state index contributed by atoms with van der Waals surface area (Å²) in [4.78, 5) is 29.1. The van der Waals surface area contributed by atoms with Crippen molar-refractivity contribution < 1.29 is 18.0 Å². The number of sulfonamides is 1. The molecule has 1 N–H and O–H groups in total. The lowest BCUT2D eigenvalue weighted by atomic mass is 10.0. The molecule has 3 rings (SSSR count). The van der Waals surface area contributed by atoms with Crippen LogP contribution in [0.4, 0.5) is 5.69 Å². The molecule has 40 heavy (non-hydrogen) atoms. The molecular weight excluding hydrogens is 593 g/mol. The zero-order valence-corrected chi connectivity index (χ0v) is 25.6. The number of amides is 2. The van der Waals surface area contributed by atoms with Crippen molar-refractivity contribution in [1.82, 2.24) is 10.2 Å². The van der Waals surface area contributed by atoms with E-state index in [-0.39, 0.29) is 39.6 Å². The summed E-state index contributed by atoms with van der Waals surface area (Å²) in [6, 6.07) is 18.6. The Morgan fingerprint density at radius 3 is 2.17 bits per heavy atom. The van der Waals surface area contributed by atoms with Gasteiger partial charge in [-0.25, -0.2) is 8.42 Å². The second-order valence-electron chi connectivity index (χ2n) is 9.43. The summed E-state index contributed by atoms with van der Waals surface area (Å²) in [5, 5.41) is 3.15. The van der Waals surface area contributed by atoms with E-state index in [1.807, 2.05) is 68.4 Å². The van der Waals surface area contributed by atoms with Crippen LogP contribution in [-0.4, -0.2) is 50.5 Å². The van der Waals surface area contributed by atoms with Gasteiger partial charge in [0.2, 0.25) is 21.8 Å². The Balaban J connectivity index is 2.09. The molecule has 0 unspecified atom stereocenters. The highest BCUT2D eigenvalue weighted by Crippen LogP contribution is 2.35. The Hall–Kier alpha value is -2.78. The van der Waals surface area contributed by atoms with Crippen LogP contribution in [0.2, 0.25) is 15.1 Å². The Morgan fingerprint density at radius 1 is 0.925 bits per heavy atom. The fourth-order valence-electron chi connectivity index (χ4n) is 4.19. The fourth-order valence-corrected chi connectivity index (χ4v) is 5.74. The van der Waals surface area contributed by atoms with Crippen molar-refractivity contribution in [2.24, 2.45) is 0 Å². The molecule has 0 spiro atoms. The molecule has 0 aliphatic heterocycles. The van der Waals surface area contributed by atoms with Gasteiger partial charge in [-0.3, -0.25) is 13.9 Å². The average Bonchev–Trinajstić information content (AvgIpc) is 2.91. The number of rotatable bonds is 12. The van der Waals surface area contributed by atoms with E-state index in [9.17, 15) is 18.0 Å². The number of halogens is 3. The van der Waals surface area contributed by atoms with Gasteiger partial charge in [0.1, 0.15) is 12.6 Å². The normalized spacial score (nSPS) is 12.1. The first-order valence-electron chi connectivity index (χ1n) is 12.7. The van der Waals surface area contributed by atoms with E-state index in [0.717, 1.165) is 27.3 Å². The molecule has 1 atom stereocenters. The van der Waals surface area contributed by atoms with E-state index in [2.05, 4.69) is 5.32 Å². The Kier molecular flexibility index (Phi) is 11.3. The second-order valence-corrected chi connectivity index (χ2v) is 12.6. The van der Waals surface area contributed by atoms with Gasteiger partial charge in [-0.05, 0) is 42.2 Å². The van der Waals surface area contributed by atoms with Gasteiger partial charge >= 0.3 is 0 Å². The van der Waals surface area contributed by atoms with E-state index < -0.39 is 28.5 Å². The van der Waals surface area contributed by atoms with Gasteiger partial charge in [0, 0.05) is 19.5 Å². The third-order valence-electron chi connectivity index (χ3n) is 6.36. The lowest BCUT2D eigenvalue weighted by molar-refractivity contribution is -0.140. The van der Waals surface area contributed by atoms with Crippen LogP contribution >= 0.6 is 34.8 Å². The molecule has 11 heteroatoms. The zero-order chi connectivity index (χ0) is 29.4. The molecule has 0 bridgehead atoms. The number of hydrogen-bond acceptors (Lipinski definition) is 4. The Labute approximate surface area is 251 Å². The fraction of sp³-hybridized carbons (Fsp3) is 0.310. The molecule has 7 nitrogen and oxygen atoms in total. The third kappa shape index (κ3) is 8.36. The van der Waals surface area contributed by atoms with E-state index in [4.69, 9.17) is 34.8 Å². The highest BCUT2D eigenvalue weighted by atomic mass is 35.5. The average molecular weight is 625 g/mol. The number of nitrogens with one attached hydrogen (secondary N) is 1. The van der Waals surface area contributed by atoms with E-state index in [1.54, 1.807) is 0 Å². The van der Waals surface area contributed by atoms with Crippen LogP contribution in [0.15, 0.2) is 66.7 Å². The third-order valence-corrected chi connectivity index (χ3v) is 8.51. The van der Waals surface area contributed by atoms with Crippen molar-refractivity contribution in [3.63, 3.8) is 0 Å². The number of anilines is 1. The first-order chi connectivity index (χ1) is 18.9. The minimum atomic E-state index is -4.00. The van der Waals surface area contributed by atoms with E-state index in [0.29, 0.717) is 13.0 Å². The van der Waals surface area contributed by atoms with Gasteiger partial charge < -0.3 is 10.2 Å². The van der Waals surface area contributed by atoms with Crippen molar-refractivity contribution in [2.75, 3.05) is 23.7 Å². The molecule has 3 aromatic carbocycles. The van der Waals surface area contributed by atoms with Crippen molar-refractivity contribution >= 4 is 62.3 Å². The predicted molar refractivity (Wildman–Crippen MR) is 163 cm³/mol. The molecule has 0 saturated carbocycles. The first-order valence-corrected chi connectivity index (χ1v) is 15.7. The largest absolute Gasteiger partial charge is 0.354 e. The number of hydrogen-bond donors (Lipinski definition) is 1. The SMILES string of the molecule is CCCNC(=O)[C@H](Cc1ccccc1)N(Cc1ccccc1C)C(=O)CN(c1cc(Cl)c(Cl)cc1Cl)S(C)(=O)=O. The lowest BCUT2D eigenvalue weighted by Gasteiger charge is -2.34. The summed E-state index contributed by atoms with van der Waals surface area (Å²) in [5.74, 6) is -0.908. The van der Waals surface area contributed by atoms with Crippen LogP contribution in [0.25, 0.3) is 0 Å². The van der Waals surface area contributed by atoms with Crippen molar-refractivity contribution in [1.29, 1.82) is 0 Å². The van der Waals surface area contributed by atoms with Crippen LogP contribution in [0.1, 0.15) is 30.0 Å². The molecule has 214 valence electrons. The van der Waals surface area contributed by atoms with Crippen molar-refractivity contribution in [3.05, 3.63) is 98.5 Å². The van der Waals surface area contributed by atoms with Crippen LogP contribution in [-0.2, 0) is 32.6 Å². The molecule has 0 heterocycles. The van der Waals surface area contributed by atoms with Crippen LogP contribution in [0.5, 0.6) is 0 Å². The quantitative estimate of drug-likeness (QED) is 0.255. The van der Waals surface area contributed by atoms with Crippen molar-refractivity contribution in [2.45, 2.75) is 39.3 Å². The number of nitrogens with zero attached hydrogens (tertiary/aromatic N) is 2. The summed E-state index contributed by atoms with van der Waals surface area (Å²) in [7, 11) is -4.00. The van der Waals surface area contributed by atoms with Crippen LogP contribution in [0.3, 0.4) is 0 Å². The molecule has 3 aromatic rings. The number of benzene rings is 3. The monoisotopic (exact) mass is 623 g/mol. The number of aryl methyl sites for hydroxylation is 1. The molecule has 2 amide bonds. The number of carbonyl (C=O) groups excluding carboxylic acids is 2. The minimum Gasteiger partial charge on any atom is -0.354 e. The van der Waals surface area contributed by atoms with E-state index >= 15 is 0 Å². The summed E-state index contributed by atoms with van der Waals surface area (Å²) in [6.45, 7) is 3.78. The topological polar surface area (TPSA) is 86.8 Å². The minimum absolute atomic E-state index is 0.0119. The van der Waals surface area contributed by atoms with Gasteiger partial charge in [-0.2, -0.15) is 0 Å². The molecule has 0 aliphatic rings. The number of carbonyl (C=O) groups is 2. The molecule has 0 saturated heterocycles. The maximum atomic E-state index is 14.1. The molecule has 0 radical (unpaired) electrons. The van der Waals surface area contributed by atoms with Gasteiger partial charge in [-0.1, -0.05) is 96.3 Å². The summed E-state index contributed by atoms with van der Waals surface area (Å²) in [6.07, 6.45) is 1.92. The maximum absolute atomic E-state index is 14.1. The maximum Gasteiger partial charge on any atom is 0.244 e. The summed E-state index contributed by atoms with van der Waals surface area (Å²) in [5.41, 5.74) is 2.63. The summed E-state index contributed by atoms with van der Waals surface area (Å²) < 4.78 is 26.7. The molecular formula is C29H32Cl3N3O4S. The van der Waals surface area contributed by atoms with Gasteiger partial charge in [-0.15, -0.1) is 0 Å². The second kappa shape index (κ2) is 14.2. The molecule has 0 aromatic heterocycles. The predicted octanol–water partition coefficient (Wildman–Crippen LogP) is 5.89. The lowest BCUT2D eigenvalue weighted by Crippen LogP contribution is -2.53. The zero-order valence-electron chi connectivity index (χ0n) is 22.5. The molecule has 0 aliphatic carbocycles. The summed E-state index contributed by atoms with van der Waals surface area (Å²) >= 11 is 18.6. The first kappa shape index (κ1) is 31.7. The van der Waals surface area contributed by atoms with E-state index in [1.165, 1.54) is 17.0 Å². The van der Waals surface area contributed by atoms with Gasteiger partial charge in [0.05, 0.1) is 27.0 Å². The van der Waals surface area contributed by atoms with Crippen LogP contribution < -0.4 is 9.62 Å². The van der Waals surface area contributed by atoms with Gasteiger partial charge in [0.15, 0.2) is 0 Å². The Bertz CT molecular complexity index is 1450.